The van der Waals surface area contributed by atoms with Crippen molar-refractivity contribution in [2.24, 2.45) is 0 Å². The first kappa shape index (κ1) is 20.8. The Labute approximate surface area is 184 Å². The summed E-state index contributed by atoms with van der Waals surface area (Å²) in [5.41, 5.74) is 1.85. The van der Waals surface area contributed by atoms with E-state index in [-0.39, 0.29) is 11.9 Å². The number of carbonyl (C=O) groups is 1. The predicted octanol–water partition coefficient (Wildman–Crippen LogP) is 4.46. The van der Waals surface area contributed by atoms with Gasteiger partial charge in [0.15, 0.2) is 10.9 Å². The van der Waals surface area contributed by atoms with Gasteiger partial charge in [0.25, 0.3) is 5.91 Å². The SMILES string of the molecule is O=C(NC1CCCCCC1)c1nnn(-c2ccc(Cl)cc2)c1CSc1ncccn1. The maximum atomic E-state index is 13.1. The van der Waals surface area contributed by atoms with E-state index in [1.807, 2.05) is 12.1 Å². The van der Waals surface area contributed by atoms with Crippen molar-refractivity contribution in [2.75, 3.05) is 0 Å². The number of nitrogens with zero attached hydrogens (tertiary/aromatic N) is 5. The minimum absolute atomic E-state index is 0.174. The van der Waals surface area contributed by atoms with Crippen LogP contribution in [0.2, 0.25) is 5.02 Å². The van der Waals surface area contributed by atoms with E-state index in [1.165, 1.54) is 24.6 Å². The largest absolute Gasteiger partial charge is 0.348 e. The number of carbonyl (C=O) groups excluding carboxylic acids is 1. The lowest BCUT2D eigenvalue weighted by Gasteiger charge is -2.16. The summed E-state index contributed by atoms with van der Waals surface area (Å²) in [5, 5.41) is 12.9. The molecule has 156 valence electrons. The van der Waals surface area contributed by atoms with E-state index in [0.717, 1.165) is 31.4 Å². The third kappa shape index (κ3) is 5.17. The molecule has 1 amide bonds. The molecule has 1 saturated carbocycles. The average molecular weight is 443 g/mol. The lowest BCUT2D eigenvalue weighted by molar-refractivity contribution is 0.0927. The van der Waals surface area contributed by atoms with Gasteiger partial charge in [-0.15, -0.1) is 5.10 Å². The van der Waals surface area contributed by atoms with Crippen LogP contribution in [0.1, 0.15) is 54.7 Å². The van der Waals surface area contributed by atoms with E-state index in [0.29, 0.717) is 27.3 Å². The highest BCUT2D eigenvalue weighted by molar-refractivity contribution is 7.98. The maximum Gasteiger partial charge on any atom is 0.274 e. The van der Waals surface area contributed by atoms with Crippen LogP contribution in [0.25, 0.3) is 5.69 Å². The fourth-order valence-corrected chi connectivity index (χ4v) is 4.49. The number of thioether (sulfide) groups is 1. The van der Waals surface area contributed by atoms with Crippen LogP contribution in [0.4, 0.5) is 0 Å². The fraction of sp³-hybridized carbons (Fsp3) is 0.381. The Morgan fingerprint density at radius 1 is 1.10 bits per heavy atom. The van der Waals surface area contributed by atoms with Crippen LogP contribution in [-0.4, -0.2) is 36.9 Å². The molecule has 0 saturated heterocycles. The van der Waals surface area contributed by atoms with Gasteiger partial charge in [-0.1, -0.05) is 54.3 Å². The van der Waals surface area contributed by atoms with E-state index in [1.54, 1.807) is 35.3 Å². The predicted molar refractivity (Wildman–Crippen MR) is 117 cm³/mol. The minimum Gasteiger partial charge on any atom is -0.348 e. The van der Waals surface area contributed by atoms with Gasteiger partial charge < -0.3 is 5.32 Å². The number of aromatic nitrogens is 5. The molecule has 2 aromatic heterocycles. The Kier molecular flexibility index (Phi) is 6.96. The molecule has 1 aromatic carbocycles. The van der Waals surface area contributed by atoms with Crippen LogP contribution in [0, 0.1) is 0 Å². The van der Waals surface area contributed by atoms with Gasteiger partial charge in [0.1, 0.15) is 0 Å². The number of hydrogen-bond donors (Lipinski definition) is 1. The second-order valence-corrected chi connectivity index (χ2v) is 8.63. The third-order valence-corrected chi connectivity index (χ3v) is 6.26. The first-order valence-corrected chi connectivity index (χ1v) is 11.5. The van der Waals surface area contributed by atoms with Gasteiger partial charge in [-0.25, -0.2) is 14.6 Å². The number of halogens is 1. The Hall–Kier alpha value is -2.45. The number of nitrogens with one attached hydrogen (secondary N) is 1. The van der Waals surface area contributed by atoms with Crippen LogP contribution in [0.5, 0.6) is 0 Å². The summed E-state index contributed by atoms with van der Waals surface area (Å²) < 4.78 is 1.69. The molecule has 1 aliphatic rings. The van der Waals surface area contributed by atoms with Crippen molar-refractivity contribution in [2.45, 2.75) is 55.5 Å². The number of benzene rings is 1. The van der Waals surface area contributed by atoms with Crippen LogP contribution in [0.15, 0.2) is 47.9 Å². The van der Waals surface area contributed by atoms with E-state index >= 15 is 0 Å². The highest BCUT2D eigenvalue weighted by Gasteiger charge is 2.24. The molecular formula is C21H23ClN6OS. The number of rotatable bonds is 6. The molecule has 9 heteroatoms. The summed E-state index contributed by atoms with van der Waals surface area (Å²) in [6, 6.07) is 9.27. The second kappa shape index (κ2) is 10.0. The maximum absolute atomic E-state index is 13.1. The molecule has 0 unspecified atom stereocenters. The molecule has 7 nitrogen and oxygen atoms in total. The quantitative estimate of drug-likeness (QED) is 0.344. The van der Waals surface area contributed by atoms with E-state index in [9.17, 15) is 4.79 Å². The van der Waals surface area contributed by atoms with Gasteiger partial charge in [0, 0.05) is 29.2 Å². The highest BCUT2D eigenvalue weighted by Crippen LogP contribution is 2.24. The highest BCUT2D eigenvalue weighted by atomic mass is 35.5. The summed E-state index contributed by atoms with van der Waals surface area (Å²) in [5.74, 6) is 0.291. The van der Waals surface area contributed by atoms with Crippen LogP contribution < -0.4 is 5.32 Å². The van der Waals surface area contributed by atoms with Crippen molar-refractivity contribution in [3.05, 3.63) is 59.1 Å². The molecule has 0 aliphatic heterocycles. The molecule has 2 heterocycles. The van der Waals surface area contributed by atoms with Crippen LogP contribution >= 0.6 is 23.4 Å². The number of hydrogen-bond acceptors (Lipinski definition) is 6. The van der Waals surface area contributed by atoms with Gasteiger partial charge in [-0.2, -0.15) is 0 Å². The van der Waals surface area contributed by atoms with Gasteiger partial charge >= 0.3 is 0 Å². The molecule has 4 rings (SSSR count). The van der Waals surface area contributed by atoms with Crippen molar-refractivity contribution in [3.63, 3.8) is 0 Å². The van der Waals surface area contributed by atoms with Crippen LogP contribution in [0.3, 0.4) is 0 Å². The fourth-order valence-electron chi connectivity index (χ4n) is 3.57. The minimum atomic E-state index is -0.174. The molecule has 0 atom stereocenters. The number of amides is 1. The Morgan fingerprint density at radius 3 is 2.50 bits per heavy atom. The summed E-state index contributed by atoms with van der Waals surface area (Å²) in [6.45, 7) is 0. The Morgan fingerprint density at radius 2 is 1.80 bits per heavy atom. The smallest absolute Gasteiger partial charge is 0.274 e. The van der Waals surface area contributed by atoms with E-state index < -0.39 is 0 Å². The lowest BCUT2D eigenvalue weighted by atomic mass is 10.1. The molecule has 0 spiro atoms. The zero-order valence-electron chi connectivity index (χ0n) is 16.5. The summed E-state index contributed by atoms with van der Waals surface area (Å²) in [7, 11) is 0. The zero-order chi connectivity index (χ0) is 20.8. The molecule has 30 heavy (non-hydrogen) atoms. The lowest BCUT2D eigenvalue weighted by Crippen LogP contribution is -2.35. The summed E-state index contributed by atoms with van der Waals surface area (Å²) in [4.78, 5) is 21.6. The summed E-state index contributed by atoms with van der Waals surface area (Å²) >= 11 is 7.47. The van der Waals surface area contributed by atoms with Crippen molar-refractivity contribution in [3.8, 4) is 5.69 Å². The van der Waals surface area contributed by atoms with Gasteiger partial charge in [-0.3, -0.25) is 4.79 Å². The molecule has 1 fully saturated rings. The average Bonchev–Trinajstić information content (AvgIpc) is 3.02. The van der Waals surface area contributed by atoms with Crippen molar-refractivity contribution >= 4 is 29.3 Å². The molecule has 1 aliphatic carbocycles. The molecule has 3 aromatic rings. The molecule has 0 bridgehead atoms. The zero-order valence-corrected chi connectivity index (χ0v) is 18.1. The van der Waals surface area contributed by atoms with Gasteiger partial charge in [-0.05, 0) is 43.2 Å². The third-order valence-electron chi connectivity index (χ3n) is 5.12. The summed E-state index contributed by atoms with van der Waals surface area (Å²) in [6.07, 6.45) is 10.2. The van der Waals surface area contributed by atoms with Gasteiger partial charge in [0.2, 0.25) is 0 Å². The van der Waals surface area contributed by atoms with Gasteiger partial charge in [0.05, 0.1) is 11.4 Å². The van der Waals surface area contributed by atoms with E-state index in [2.05, 4.69) is 25.6 Å². The first-order valence-electron chi connectivity index (χ1n) is 10.1. The second-order valence-electron chi connectivity index (χ2n) is 7.25. The normalized spacial score (nSPS) is 15.0. The van der Waals surface area contributed by atoms with Crippen molar-refractivity contribution in [1.29, 1.82) is 0 Å². The Balaban J connectivity index is 1.59. The van der Waals surface area contributed by atoms with E-state index in [4.69, 9.17) is 11.6 Å². The molecule has 1 N–H and O–H groups in total. The standard InChI is InChI=1S/C21H23ClN6OS/c22-15-8-10-17(11-9-15)28-18(14-30-21-23-12-5-13-24-21)19(26-27-28)20(29)25-16-6-3-1-2-4-7-16/h5,8-13,16H,1-4,6-7,14H2,(H,25,29). The van der Waals surface area contributed by atoms with Crippen molar-refractivity contribution < 1.29 is 4.79 Å². The first-order chi connectivity index (χ1) is 14.7. The van der Waals surface area contributed by atoms with Crippen LogP contribution in [-0.2, 0) is 5.75 Å². The molecular weight excluding hydrogens is 420 g/mol. The van der Waals surface area contributed by atoms with Crippen molar-refractivity contribution in [1.82, 2.24) is 30.3 Å². The topological polar surface area (TPSA) is 85.6 Å². The molecule has 0 radical (unpaired) electrons. The Bertz CT molecular complexity index is 971. The monoisotopic (exact) mass is 442 g/mol.